The molecule has 0 spiro atoms. The van der Waals surface area contributed by atoms with Crippen molar-refractivity contribution in [3.8, 4) is 0 Å². The van der Waals surface area contributed by atoms with Gasteiger partial charge in [0.05, 0.1) is 0 Å². The Bertz CT molecular complexity index is 45.6. The molecule has 0 aliphatic rings. The first kappa shape index (κ1) is 22.4. The molecule has 0 aromatic heterocycles. The van der Waals surface area contributed by atoms with Gasteiger partial charge in [0.15, 0.2) is 0 Å². The van der Waals surface area contributed by atoms with Crippen LogP contribution in [-0.4, -0.2) is 23.2 Å². The first-order valence-corrected chi connectivity index (χ1v) is 4.22. The van der Waals surface area contributed by atoms with Crippen LogP contribution in [0.4, 0.5) is 9.41 Å². The van der Waals surface area contributed by atoms with Gasteiger partial charge in [-0.15, -0.1) is 13.2 Å². The second-order valence-corrected chi connectivity index (χ2v) is 2.16. The fraction of sp³-hybridized carbons (Fsp3) is 0.667. The van der Waals surface area contributed by atoms with Gasteiger partial charge in [0.25, 0.3) is 0 Å². The van der Waals surface area contributed by atoms with Crippen LogP contribution in [0.5, 0.6) is 0 Å². The van der Waals surface area contributed by atoms with Crippen molar-refractivity contribution in [1.29, 1.82) is 0 Å². The summed E-state index contributed by atoms with van der Waals surface area (Å²) in [7, 11) is -0.589. The van der Waals surface area contributed by atoms with Crippen molar-refractivity contribution in [3.05, 3.63) is 13.2 Å². The van der Waals surface area contributed by atoms with Gasteiger partial charge < -0.3 is 8.85 Å². The third kappa shape index (κ3) is 41.7. The zero-order valence-corrected chi connectivity index (χ0v) is 8.58. The third-order valence-electron chi connectivity index (χ3n) is 0.575. The monoisotopic (exact) mass is 188 g/mol. The molecule has 2 nitrogen and oxygen atoms in total. The van der Waals surface area contributed by atoms with Crippen LogP contribution in [-0.2, 0) is 8.85 Å². The van der Waals surface area contributed by atoms with Gasteiger partial charge in [-0.05, 0) is 13.8 Å². The van der Waals surface area contributed by atoms with Gasteiger partial charge in [0.1, 0.15) is 0 Å². The van der Waals surface area contributed by atoms with E-state index in [1.807, 2.05) is 13.8 Å². The highest BCUT2D eigenvalue weighted by Gasteiger charge is 1.79. The fourth-order valence-electron chi connectivity index (χ4n) is 0.226. The molecule has 0 atom stereocenters. The molecule has 0 heterocycles. The third-order valence-corrected chi connectivity index (χ3v) is 1.72. The van der Waals surface area contributed by atoms with Crippen molar-refractivity contribution in [2.24, 2.45) is 0 Å². The largest absolute Gasteiger partial charge is 0.399 e. The Labute approximate surface area is 69.4 Å². The van der Waals surface area contributed by atoms with E-state index < -0.39 is 10.0 Å². The first-order valence-electron chi connectivity index (χ1n) is 3.07. The zero-order chi connectivity index (χ0) is 7.54. The molecule has 0 radical (unpaired) electrons. The molecule has 0 aliphatic heterocycles. The Morgan fingerprint density at radius 1 is 1.00 bits per heavy atom. The van der Waals surface area contributed by atoms with Gasteiger partial charge in [0, 0.05) is 13.2 Å². The lowest BCUT2D eigenvalue weighted by Gasteiger charge is -1.96. The number of hydrogen-bond acceptors (Lipinski definition) is 2. The summed E-state index contributed by atoms with van der Waals surface area (Å²) in [6.45, 7) is 11.6. The number of hydrogen-bond donors (Lipinski definition) is 0. The molecule has 0 aliphatic carbocycles. The normalized spacial score (nSPS) is 6.36. The molecule has 0 unspecified atom stereocenters. The lowest BCUT2D eigenvalue weighted by atomic mass is 10.9. The van der Waals surface area contributed by atoms with Gasteiger partial charge in [-0.25, -0.2) is 0 Å². The van der Waals surface area contributed by atoms with E-state index in [0.29, 0.717) is 0 Å². The second-order valence-electron chi connectivity index (χ2n) is 1.10. The summed E-state index contributed by atoms with van der Waals surface area (Å²) in [4.78, 5) is 0. The van der Waals surface area contributed by atoms with Crippen LogP contribution in [0.1, 0.15) is 13.8 Å². The smallest absolute Gasteiger partial charge is 0.304 e. The molecule has 11 heavy (non-hydrogen) atoms. The Morgan fingerprint density at radius 2 is 1.27 bits per heavy atom. The van der Waals surface area contributed by atoms with Crippen molar-refractivity contribution in [2.75, 3.05) is 13.2 Å². The van der Waals surface area contributed by atoms with E-state index in [2.05, 4.69) is 13.2 Å². The Kier molecular flexibility index (Phi) is 67.5. The van der Waals surface area contributed by atoms with E-state index in [1.165, 1.54) is 0 Å². The molecule has 5 heteroatoms. The predicted octanol–water partition coefficient (Wildman–Crippen LogP) is 1.17. The van der Waals surface area contributed by atoms with Crippen LogP contribution in [0.3, 0.4) is 0 Å². The molecule has 72 valence electrons. The number of halogens is 2. The standard InChI is InChI=1S/C4H12O2Si.C2H4.2FH/c1-3-5-7-6-4-2;1-2;;/h3-4,7H2,1-2H3;1-2H2;2*1H. The fourth-order valence-corrected chi connectivity index (χ4v) is 0.677. The SMILES string of the molecule is C=C.CCO[SiH2]OCC.F.F. The summed E-state index contributed by atoms with van der Waals surface area (Å²) in [5.41, 5.74) is 0. The molecule has 0 saturated heterocycles. The summed E-state index contributed by atoms with van der Waals surface area (Å²) in [5, 5.41) is 0. The van der Waals surface area contributed by atoms with E-state index in [0.717, 1.165) is 13.2 Å². The summed E-state index contributed by atoms with van der Waals surface area (Å²) in [6, 6.07) is 0. The van der Waals surface area contributed by atoms with Gasteiger partial charge in [0.2, 0.25) is 0 Å². The molecule has 0 fully saturated rings. The molecule has 0 amide bonds. The second kappa shape index (κ2) is 33.1. The summed E-state index contributed by atoms with van der Waals surface area (Å²) >= 11 is 0. The van der Waals surface area contributed by atoms with E-state index >= 15 is 0 Å². The molecule has 0 aromatic rings. The molecular weight excluding hydrogens is 170 g/mol. The molecule has 0 rings (SSSR count). The van der Waals surface area contributed by atoms with Crippen LogP contribution in [0.25, 0.3) is 0 Å². The molecule has 0 saturated carbocycles. The van der Waals surface area contributed by atoms with Gasteiger partial charge in [-0.2, -0.15) is 0 Å². The van der Waals surface area contributed by atoms with Crippen molar-refractivity contribution in [2.45, 2.75) is 13.8 Å². The quantitative estimate of drug-likeness (QED) is 0.374. The molecule has 0 N–H and O–H groups in total. The maximum absolute atomic E-state index is 4.99. The highest BCUT2D eigenvalue weighted by atomic mass is 28.3. The summed E-state index contributed by atoms with van der Waals surface area (Å²) < 4.78 is 9.98. The minimum atomic E-state index is -0.589. The van der Waals surface area contributed by atoms with Gasteiger partial charge >= 0.3 is 10.0 Å². The zero-order valence-electron chi connectivity index (χ0n) is 7.17. The van der Waals surface area contributed by atoms with Crippen molar-refractivity contribution >= 4 is 10.0 Å². The lowest BCUT2D eigenvalue weighted by molar-refractivity contribution is 0.240. The van der Waals surface area contributed by atoms with Crippen molar-refractivity contribution in [1.82, 2.24) is 0 Å². The summed E-state index contributed by atoms with van der Waals surface area (Å²) in [5.74, 6) is 0. The topological polar surface area (TPSA) is 18.5 Å². The maximum Gasteiger partial charge on any atom is 0.304 e. The van der Waals surface area contributed by atoms with E-state index in [1.54, 1.807) is 0 Å². The van der Waals surface area contributed by atoms with E-state index in [9.17, 15) is 0 Å². The Morgan fingerprint density at radius 3 is 1.45 bits per heavy atom. The number of rotatable bonds is 4. The maximum atomic E-state index is 4.99. The van der Waals surface area contributed by atoms with Crippen LogP contribution < -0.4 is 0 Å². The highest BCUT2D eigenvalue weighted by Crippen LogP contribution is 1.70. The Balaban J connectivity index is -0.0000000564. The van der Waals surface area contributed by atoms with Crippen LogP contribution in [0, 0.1) is 0 Å². The van der Waals surface area contributed by atoms with Crippen LogP contribution in [0.2, 0.25) is 0 Å². The minimum Gasteiger partial charge on any atom is -0.399 e. The highest BCUT2D eigenvalue weighted by molar-refractivity contribution is 6.17. The lowest BCUT2D eigenvalue weighted by Crippen LogP contribution is -2.02. The van der Waals surface area contributed by atoms with Gasteiger partial charge in [-0.3, -0.25) is 9.41 Å². The molecular formula is C6H18F2O2Si. The average molecular weight is 188 g/mol. The van der Waals surface area contributed by atoms with E-state index in [-0.39, 0.29) is 9.41 Å². The van der Waals surface area contributed by atoms with Crippen LogP contribution in [0.15, 0.2) is 13.2 Å². The van der Waals surface area contributed by atoms with Crippen LogP contribution >= 0.6 is 0 Å². The predicted molar refractivity (Wildman–Crippen MR) is 48.1 cm³/mol. The Hall–Kier alpha value is -0.263. The molecule has 0 bridgehead atoms. The summed E-state index contributed by atoms with van der Waals surface area (Å²) in [6.07, 6.45) is 0. The van der Waals surface area contributed by atoms with Crippen molar-refractivity contribution < 1.29 is 18.3 Å². The van der Waals surface area contributed by atoms with Crippen molar-refractivity contribution in [3.63, 3.8) is 0 Å². The molecule has 0 aromatic carbocycles. The first-order chi connectivity index (χ1) is 4.41. The minimum absolute atomic E-state index is 0. The van der Waals surface area contributed by atoms with E-state index in [4.69, 9.17) is 8.85 Å². The van der Waals surface area contributed by atoms with Gasteiger partial charge in [-0.1, -0.05) is 0 Å². The average Bonchev–Trinajstić information content (AvgIpc) is 1.94.